The van der Waals surface area contributed by atoms with Crippen molar-refractivity contribution in [3.05, 3.63) is 59.9 Å². The van der Waals surface area contributed by atoms with E-state index in [4.69, 9.17) is 9.52 Å². The maximum Gasteiger partial charge on any atom is 0.335 e. The van der Waals surface area contributed by atoms with Gasteiger partial charge in [0.25, 0.3) is 0 Å². The molecule has 0 radical (unpaired) electrons. The molecule has 0 atom stereocenters. The van der Waals surface area contributed by atoms with Crippen LogP contribution in [-0.4, -0.2) is 32.2 Å². The van der Waals surface area contributed by atoms with Gasteiger partial charge in [0, 0.05) is 5.56 Å². The van der Waals surface area contributed by atoms with Gasteiger partial charge in [0.15, 0.2) is 0 Å². The van der Waals surface area contributed by atoms with Crippen LogP contribution >= 0.6 is 0 Å². The molecule has 0 saturated heterocycles. The highest BCUT2D eigenvalue weighted by molar-refractivity contribution is 5.89. The zero-order valence-corrected chi connectivity index (χ0v) is 11.7. The van der Waals surface area contributed by atoms with Gasteiger partial charge in [-0.3, -0.25) is 0 Å². The van der Waals surface area contributed by atoms with Crippen molar-refractivity contribution >= 4 is 12.2 Å². The third-order valence-corrected chi connectivity index (χ3v) is 3.10. The third kappa shape index (κ3) is 2.78. The fourth-order valence-electron chi connectivity index (χ4n) is 1.97. The molecule has 0 spiro atoms. The first kappa shape index (κ1) is 13.7. The Morgan fingerprint density at radius 2 is 2.05 bits per heavy atom. The minimum Gasteiger partial charge on any atom is -0.478 e. The summed E-state index contributed by atoms with van der Waals surface area (Å²) in [4.78, 5) is 11.1. The Morgan fingerprint density at radius 1 is 1.27 bits per heavy atom. The van der Waals surface area contributed by atoms with E-state index in [9.17, 15) is 4.79 Å². The predicted molar refractivity (Wildman–Crippen MR) is 78.9 cm³/mol. The number of nitrogens with zero attached hydrogens (tertiary/aromatic N) is 4. The summed E-state index contributed by atoms with van der Waals surface area (Å²) in [6.07, 6.45) is 4.45. The minimum absolute atomic E-state index is 0.219. The van der Waals surface area contributed by atoms with Gasteiger partial charge >= 0.3 is 5.97 Å². The van der Waals surface area contributed by atoms with Crippen LogP contribution in [0.2, 0.25) is 0 Å². The first-order valence-corrected chi connectivity index (χ1v) is 6.46. The molecule has 0 fully saturated rings. The van der Waals surface area contributed by atoms with E-state index in [0.29, 0.717) is 11.5 Å². The number of hydrogen-bond donors (Lipinski definition) is 1. The van der Waals surface area contributed by atoms with Crippen LogP contribution in [0.25, 0.3) is 11.3 Å². The van der Waals surface area contributed by atoms with E-state index in [1.165, 1.54) is 23.5 Å². The number of benzene rings is 1. The fraction of sp³-hybridized carbons (Fsp3) is 0.0667. The summed E-state index contributed by atoms with van der Waals surface area (Å²) in [6, 6.07) is 8.46. The highest BCUT2D eigenvalue weighted by Gasteiger charge is 2.11. The number of hydrogen-bond acceptors (Lipinski definition) is 5. The number of carboxylic acid groups (broad SMARTS) is 1. The quantitative estimate of drug-likeness (QED) is 0.746. The largest absolute Gasteiger partial charge is 0.478 e. The molecule has 0 bridgehead atoms. The first-order valence-electron chi connectivity index (χ1n) is 6.46. The van der Waals surface area contributed by atoms with Crippen LogP contribution in [0.3, 0.4) is 0 Å². The lowest BCUT2D eigenvalue weighted by Crippen LogP contribution is -1.96. The molecule has 1 N–H and O–H groups in total. The molecule has 1 aromatic carbocycles. The Balaban J connectivity index is 1.90. The van der Waals surface area contributed by atoms with E-state index in [-0.39, 0.29) is 5.56 Å². The molecule has 0 aliphatic heterocycles. The Morgan fingerprint density at radius 3 is 2.77 bits per heavy atom. The SMILES string of the molecule is Cc1ccc(C(=O)O)cc1-c1ccc(/C=N\n2cnnc2)o1. The lowest BCUT2D eigenvalue weighted by Gasteiger charge is -2.04. The summed E-state index contributed by atoms with van der Waals surface area (Å²) in [5.74, 6) is 0.164. The van der Waals surface area contributed by atoms with Crippen molar-refractivity contribution in [3.8, 4) is 11.3 Å². The van der Waals surface area contributed by atoms with E-state index < -0.39 is 5.97 Å². The molecule has 0 amide bonds. The monoisotopic (exact) mass is 296 g/mol. The van der Waals surface area contributed by atoms with Crippen molar-refractivity contribution in [2.24, 2.45) is 5.10 Å². The van der Waals surface area contributed by atoms with Crippen molar-refractivity contribution in [3.63, 3.8) is 0 Å². The van der Waals surface area contributed by atoms with E-state index in [2.05, 4.69) is 15.3 Å². The van der Waals surface area contributed by atoms with Crippen molar-refractivity contribution in [2.75, 3.05) is 0 Å². The number of aromatic nitrogens is 3. The fourth-order valence-corrected chi connectivity index (χ4v) is 1.97. The molecule has 0 unspecified atom stereocenters. The molecule has 7 nitrogen and oxygen atoms in total. The van der Waals surface area contributed by atoms with Crippen molar-refractivity contribution < 1.29 is 14.3 Å². The third-order valence-electron chi connectivity index (χ3n) is 3.10. The van der Waals surface area contributed by atoms with Crippen LogP contribution in [0, 0.1) is 6.92 Å². The van der Waals surface area contributed by atoms with Crippen LogP contribution < -0.4 is 0 Å². The number of aromatic carboxylic acids is 1. The topological polar surface area (TPSA) is 93.5 Å². The summed E-state index contributed by atoms with van der Waals surface area (Å²) in [6.45, 7) is 1.90. The molecule has 2 heterocycles. The van der Waals surface area contributed by atoms with Gasteiger partial charge in [-0.15, -0.1) is 10.2 Å². The summed E-state index contributed by atoms with van der Waals surface area (Å²) in [5.41, 5.74) is 1.89. The highest BCUT2D eigenvalue weighted by atomic mass is 16.4. The number of furan rings is 1. The zero-order valence-electron chi connectivity index (χ0n) is 11.7. The van der Waals surface area contributed by atoms with E-state index in [0.717, 1.165) is 11.1 Å². The standard InChI is InChI=1S/C15H12N4O3/c1-10-2-3-11(15(20)21)6-13(10)14-5-4-12(22-14)7-18-19-8-16-17-9-19/h2-9H,1H3,(H,20,21)/b18-7-. The maximum absolute atomic E-state index is 11.1. The molecule has 0 aliphatic carbocycles. The van der Waals surface area contributed by atoms with Crippen LogP contribution in [0.5, 0.6) is 0 Å². The Labute approximate surface area is 125 Å². The number of rotatable bonds is 4. The van der Waals surface area contributed by atoms with E-state index in [1.807, 2.05) is 6.92 Å². The highest BCUT2D eigenvalue weighted by Crippen LogP contribution is 2.26. The number of carbonyl (C=O) groups is 1. The maximum atomic E-state index is 11.1. The lowest BCUT2D eigenvalue weighted by atomic mass is 10.0. The van der Waals surface area contributed by atoms with Gasteiger partial charge in [-0.2, -0.15) is 5.10 Å². The van der Waals surface area contributed by atoms with Crippen molar-refractivity contribution in [1.29, 1.82) is 0 Å². The van der Waals surface area contributed by atoms with Crippen molar-refractivity contribution in [1.82, 2.24) is 14.9 Å². The van der Waals surface area contributed by atoms with Gasteiger partial charge in [-0.25, -0.2) is 9.47 Å². The summed E-state index contributed by atoms with van der Waals surface area (Å²) < 4.78 is 7.13. The van der Waals surface area contributed by atoms with Crippen LogP contribution in [0.4, 0.5) is 0 Å². The van der Waals surface area contributed by atoms with Gasteiger partial charge in [-0.05, 0) is 36.8 Å². The minimum atomic E-state index is -0.970. The van der Waals surface area contributed by atoms with Gasteiger partial charge in [0.2, 0.25) is 0 Å². The van der Waals surface area contributed by atoms with Gasteiger partial charge < -0.3 is 9.52 Å². The Hall–Kier alpha value is -3.22. The van der Waals surface area contributed by atoms with E-state index in [1.54, 1.807) is 30.3 Å². The normalized spacial score (nSPS) is 11.1. The van der Waals surface area contributed by atoms with E-state index >= 15 is 0 Å². The molecule has 3 rings (SSSR count). The van der Waals surface area contributed by atoms with Crippen LogP contribution in [0.15, 0.2) is 52.5 Å². The number of aryl methyl sites for hydroxylation is 1. The average molecular weight is 296 g/mol. The average Bonchev–Trinajstić information content (AvgIpc) is 3.17. The molecule has 22 heavy (non-hydrogen) atoms. The smallest absolute Gasteiger partial charge is 0.335 e. The predicted octanol–water partition coefficient (Wildman–Crippen LogP) is 2.43. The van der Waals surface area contributed by atoms with Gasteiger partial charge in [0.1, 0.15) is 24.2 Å². The van der Waals surface area contributed by atoms with Crippen LogP contribution in [-0.2, 0) is 0 Å². The molecular weight excluding hydrogens is 284 g/mol. The molecule has 0 aliphatic rings. The molecular formula is C15H12N4O3. The molecule has 7 heteroatoms. The summed E-state index contributed by atoms with van der Waals surface area (Å²) in [7, 11) is 0. The summed E-state index contributed by atoms with van der Waals surface area (Å²) in [5, 5.41) is 20.4. The second-order valence-electron chi connectivity index (χ2n) is 4.62. The van der Waals surface area contributed by atoms with Crippen molar-refractivity contribution in [2.45, 2.75) is 6.92 Å². The second kappa shape index (κ2) is 5.65. The number of carboxylic acids is 1. The molecule has 0 saturated carbocycles. The molecule has 2 aromatic heterocycles. The van der Waals surface area contributed by atoms with Gasteiger partial charge in [0.05, 0.1) is 11.8 Å². The van der Waals surface area contributed by atoms with Gasteiger partial charge in [-0.1, -0.05) is 6.07 Å². The lowest BCUT2D eigenvalue weighted by molar-refractivity contribution is 0.0697. The Bertz CT molecular complexity index is 834. The zero-order chi connectivity index (χ0) is 15.5. The second-order valence-corrected chi connectivity index (χ2v) is 4.62. The first-order chi connectivity index (χ1) is 10.6. The Kier molecular flexibility index (Phi) is 3.53. The molecule has 3 aromatic rings. The molecule has 110 valence electrons. The van der Waals surface area contributed by atoms with Crippen LogP contribution in [0.1, 0.15) is 21.7 Å². The summed E-state index contributed by atoms with van der Waals surface area (Å²) >= 11 is 0.